The first-order valence-corrected chi connectivity index (χ1v) is 7.33. The number of carbonyl (C=O) groups excluding carboxylic acids is 2. The zero-order valence-corrected chi connectivity index (χ0v) is 13.7. The number of esters is 1. The van der Waals surface area contributed by atoms with Crippen molar-refractivity contribution >= 4 is 17.4 Å². The Labute approximate surface area is 139 Å². The van der Waals surface area contributed by atoms with Crippen LogP contribution in [0.4, 0.5) is 5.69 Å². The molecular formula is C18H17NO5. The summed E-state index contributed by atoms with van der Waals surface area (Å²) in [4.78, 5) is 34.6. The molecular weight excluding hydrogens is 310 g/mol. The van der Waals surface area contributed by atoms with E-state index in [-0.39, 0.29) is 22.6 Å². The molecule has 0 unspecified atom stereocenters. The number of benzene rings is 2. The fourth-order valence-electron chi connectivity index (χ4n) is 2.25. The van der Waals surface area contributed by atoms with Crippen molar-refractivity contribution in [2.45, 2.75) is 20.8 Å². The summed E-state index contributed by atoms with van der Waals surface area (Å²) in [6, 6.07) is 9.40. The van der Waals surface area contributed by atoms with Gasteiger partial charge in [-0.2, -0.15) is 0 Å². The van der Waals surface area contributed by atoms with Gasteiger partial charge in [0.25, 0.3) is 5.69 Å². The summed E-state index contributed by atoms with van der Waals surface area (Å²) >= 11 is 0. The van der Waals surface area contributed by atoms with Crippen molar-refractivity contribution in [1.29, 1.82) is 0 Å². The maximum Gasteiger partial charge on any atom is 0.339 e. The van der Waals surface area contributed by atoms with Gasteiger partial charge in [0.05, 0.1) is 10.5 Å². The van der Waals surface area contributed by atoms with Crippen LogP contribution in [0.3, 0.4) is 0 Å². The average Bonchev–Trinajstić information content (AvgIpc) is 2.54. The first kappa shape index (κ1) is 17.3. The highest BCUT2D eigenvalue weighted by Crippen LogP contribution is 2.21. The molecule has 2 aromatic carbocycles. The minimum absolute atomic E-state index is 0.0806. The van der Waals surface area contributed by atoms with Crippen molar-refractivity contribution in [3.63, 3.8) is 0 Å². The third-order valence-electron chi connectivity index (χ3n) is 3.89. The van der Waals surface area contributed by atoms with Gasteiger partial charge in [0.2, 0.25) is 0 Å². The van der Waals surface area contributed by atoms with Crippen LogP contribution < -0.4 is 0 Å². The highest BCUT2D eigenvalue weighted by Gasteiger charge is 2.20. The first-order chi connectivity index (χ1) is 11.3. The van der Waals surface area contributed by atoms with Crippen molar-refractivity contribution in [3.05, 3.63) is 74.3 Å². The molecule has 24 heavy (non-hydrogen) atoms. The minimum atomic E-state index is -0.756. The largest absolute Gasteiger partial charge is 0.454 e. The number of nitrogens with zero attached hydrogens (tertiary/aromatic N) is 1. The number of nitro groups is 1. The van der Waals surface area contributed by atoms with E-state index in [1.165, 1.54) is 25.1 Å². The molecule has 0 radical (unpaired) electrons. The molecule has 124 valence electrons. The third-order valence-corrected chi connectivity index (χ3v) is 3.89. The summed E-state index contributed by atoms with van der Waals surface area (Å²) in [5, 5.41) is 10.9. The summed E-state index contributed by atoms with van der Waals surface area (Å²) in [5.74, 6) is -1.08. The molecule has 0 saturated heterocycles. The number of nitro benzene ring substituents is 1. The van der Waals surface area contributed by atoms with E-state index >= 15 is 0 Å². The summed E-state index contributed by atoms with van der Waals surface area (Å²) in [5.41, 5.74) is 2.63. The Hall–Kier alpha value is -3.02. The molecule has 0 spiro atoms. The van der Waals surface area contributed by atoms with Crippen LogP contribution in [0, 0.1) is 30.9 Å². The van der Waals surface area contributed by atoms with Crippen LogP contribution in [0.1, 0.15) is 37.4 Å². The van der Waals surface area contributed by atoms with Crippen molar-refractivity contribution in [2.24, 2.45) is 0 Å². The van der Waals surface area contributed by atoms with Crippen molar-refractivity contribution < 1.29 is 19.2 Å². The fraction of sp³-hybridized carbons (Fsp3) is 0.222. The number of hydrogen-bond donors (Lipinski definition) is 0. The Morgan fingerprint density at radius 2 is 1.79 bits per heavy atom. The van der Waals surface area contributed by atoms with Gasteiger partial charge in [0.1, 0.15) is 0 Å². The topological polar surface area (TPSA) is 86.5 Å². The van der Waals surface area contributed by atoms with Crippen LogP contribution in [-0.2, 0) is 4.74 Å². The van der Waals surface area contributed by atoms with Gasteiger partial charge in [0.15, 0.2) is 12.4 Å². The standard InChI is InChI=1S/C18H17NO5/c1-11-7-8-14(9-12(11)2)17(20)10-24-18(21)15-5-4-6-16(13(15)3)19(22)23/h4-9H,10H2,1-3H3. The quantitative estimate of drug-likeness (QED) is 0.363. The Morgan fingerprint density at radius 1 is 1.08 bits per heavy atom. The molecule has 0 bridgehead atoms. The van der Waals surface area contributed by atoms with E-state index in [2.05, 4.69) is 0 Å². The highest BCUT2D eigenvalue weighted by atomic mass is 16.6. The van der Waals surface area contributed by atoms with Crippen LogP contribution in [0.15, 0.2) is 36.4 Å². The Kier molecular flexibility index (Phi) is 5.08. The van der Waals surface area contributed by atoms with Crippen LogP contribution in [0.25, 0.3) is 0 Å². The minimum Gasteiger partial charge on any atom is -0.454 e. The second-order valence-electron chi connectivity index (χ2n) is 5.51. The maximum absolute atomic E-state index is 12.1. The van der Waals surface area contributed by atoms with Gasteiger partial charge in [-0.05, 0) is 44.0 Å². The second-order valence-corrected chi connectivity index (χ2v) is 5.51. The number of aryl methyl sites for hydroxylation is 2. The van der Waals surface area contributed by atoms with E-state index in [1.54, 1.807) is 12.1 Å². The number of ether oxygens (including phenoxy) is 1. The molecule has 0 heterocycles. The van der Waals surface area contributed by atoms with E-state index in [0.29, 0.717) is 5.56 Å². The van der Waals surface area contributed by atoms with Crippen molar-refractivity contribution in [2.75, 3.05) is 6.61 Å². The monoisotopic (exact) mass is 327 g/mol. The average molecular weight is 327 g/mol. The third kappa shape index (κ3) is 3.65. The van der Waals surface area contributed by atoms with Gasteiger partial charge in [-0.3, -0.25) is 14.9 Å². The van der Waals surface area contributed by atoms with Gasteiger partial charge in [0, 0.05) is 17.2 Å². The van der Waals surface area contributed by atoms with Crippen LogP contribution in [-0.4, -0.2) is 23.3 Å². The maximum atomic E-state index is 12.1. The van der Waals surface area contributed by atoms with E-state index in [0.717, 1.165) is 11.1 Å². The van der Waals surface area contributed by atoms with E-state index in [9.17, 15) is 19.7 Å². The molecule has 0 amide bonds. The first-order valence-electron chi connectivity index (χ1n) is 7.33. The van der Waals surface area contributed by atoms with Gasteiger partial charge in [-0.25, -0.2) is 4.79 Å². The van der Waals surface area contributed by atoms with Gasteiger partial charge < -0.3 is 4.74 Å². The predicted molar refractivity (Wildman–Crippen MR) is 88.4 cm³/mol. The van der Waals surface area contributed by atoms with Crippen LogP contribution >= 0.6 is 0 Å². The molecule has 0 aliphatic heterocycles. The van der Waals surface area contributed by atoms with E-state index in [4.69, 9.17) is 4.74 Å². The van der Waals surface area contributed by atoms with Crippen molar-refractivity contribution in [3.8, 4) is 0 Å². The summed E-state index contributed by atoms with van der Waals surface area (Å²) in [6.07, 6.45) is 0. The lowest BCUT2D eigenvalue weighted by Crippen LogP contribution is -2.15. The number of carbonyl (C=O) groups is 2. The Balaban J connectivity index is 2.10. The van der Waals surface area contributed by atoms with Crippen LogP contribution in [0.2, 0.25) is 0 Å². The normalized spacial score (nSPS) is 10.3. The predicted octanol–water partition coefficient (Wildman–Crippen LogP) is 3.56. The molecule has 0 aliphatic rings. The molecule has 0 aromatic heterocycles. The summed E-state index contributed by atoms with van der Waals surface area (Å²) in [7, 11) is 0. The molecule has 0 aliphatic carbocycles. The van der Waals surface area contributed by atoms with Gasteiger partial charge in [-0.15, -0.1) is 0 Å². The number of hydrogen-bond acceptors (Lipinski definition) is 5. The zero-order valence-electron chi connectivity index (χ0n) is 13.7. The molecule has 0 atom stereocenters. The lowest BCUT2D eigenvalue weighted by molar-refractivity contribution is -0.385. The van der Waals surface area contributed by atoms with Crippen molar-refractivity contribution in [1.82, 2.24) is 0 Å². The summed E-state index contributed by atoms with van der Waals surface area (Å²) in [6.45, 7) is 4.89. The number of ketones is 1. The Bertz CT molecular complexity index is 826. The zero-order chi connectivity index (χ0) is 17.9. The molecule has 2 aromatic rings. The molecule has 6 heteroatoms. The SMILES string of the molecule is Cc1ccc(C(=O)COC(=O)c2cccc([N+](=O)[O-])c2C)cc1C. The lowest BCUT2D eigenvalue weighted by atomic mass is 10.0. The molecule has 0 saturated carbocycles. The Morgan fingerprint density at radius 3 is 2.42 bits per heavy atom. The number of rotatable bonds is 5. The fourth-order valence-corrected chi connectivity index (χ4v) is 2.25. The van der Waals surface area contributed by atoms with Crippen LogP contribution in [0.5, 0.6) is 0 Å². The number of Topliss-reactive ketones (excluding diaryl/α,β-unsaturated/α-hetero) is 1. The van der Waals surface area contributed by atoms with Gasteiger partial charge >= 0.3 is 5.97 Å². The smallest absolute Gasteiger partial charge is 0.339 e. The van der Waals surface area contributed by atoms with E-state index < -0.39 is 17.5 Å². The van der Waals surface area contributed by atoms with E-state index in [1.807, 2.05) is 19.9 Å². The second kappa shape index (κ2) is 7.04. The lowest BCUT2D eigenvalue weighted by Gasteiger charge is -2.08. The molecule has 2 rings (SSSR count). The molecule has 0 N–H and O–H groups in total. The molecule has 0 fully saturated rings. The van der Waals surface area contributed by atoms with Gasteiger partial charge in [-0.1, -0.05) is 18.2 Å². The highest BCUT2D eigenvalue weighted by molar-refractivity contribution is 6.00. The summed E-state index contributed by atoms with van der Waals surface area (Å²) < 4.78 is 5.02. The molecule has 6 nitrogen and oxygen atoms in total.